The molecule has 5 heteroatoms. The summed E-state index contributed by atoms with van der Waals surface area (Å²) >= 11 is 0. The highest BCUT2D eigenvalue weighted by Crippen LogP contribution is 2.18. The first-order valence-electron chi connectivity index (χ1n) is 6.75. The van der Waals surface area contributed by atoms with Crippen molar-refractivity contribution in [1.82, 2.24) is 9.88 Å². The van der Waals surface area contributed by atoms with Gasteiger partial charge in [0, 0.05) is 12.2 Å². The predicted octanol–water partition coefficient (Wildman–Crippen LogP) is 1.06. The third-order valence-corrected chi connectivity index (χ3v) is 3.63. The fourth-order valence-electron chi connectivity index (χ4n) is 2.53. The van der Waals surface area contributed by atoms with Gasteiger partial charge in [-0.2, -0.15) is 0 Å². The van der Waals surface area contributed by atoms with Crippen LogP contribution in [0.2, 0.25) is 0 Å². The molecule has 1 atom stereocenters. The zero-order chi connectivity index (χ0) is 13.8. The Morgan fingerprint density at radius 1 is 1.42 bits per heavy atom. The average Bonchev–Trinajstić information content (AvgIpc) is 2.63. The van der Waals surface area contributed by atoms with Gasteiger partial charge in [-0.1, -0.05) is 12.8 Å². The number of carbonyl (C=O) groups excluding carboxylic acids is 1. The summed E-state index contributed by atoms with van der Waals surface area (Å²) in [6, 6.07) is 3.12. The molecule has 2 rings (SSSR count). The number of likely N-dealkylation sites (tertiary alicyclic amines) is 1. The number of amides is 1. The Kier molecular flexibility index (Phi) is 4.37. The van der Waals surface area contributed by atoms with Crippen molar-refractivity contribution in [2.24, 2.45) is 0 Å². The lowest BCUT2D eigenvalue weighted by Crippen LogP contribution is -2.43. The van der Waals surface area contributed by atoms with Gasteiger partial charge in [-0.05, 0) is 31.9 Å². The Bertz CT molecular complexity index is 510. The maximum absolute atomic E-state index is 12.4. The van der Waals surface area contributed by atoms with E-state index in [1.165, 1.54) is 0 Å². The minimum absolute atomic E-state index is 0.0461. The van der Waals surface area contributed by atoms with E-state index >= 15 is 0 Å². The molecule has 1 aliphatic rings. The van der Waals surface area contributed by atoms with Gasteiger partial charge in [-0.3, -0.25) is 9.59 Å². The van der Waals surface area contributed by atoms with Crippen molar-refractivity contribution in [2.75, 3.05) is 13.2 Å². The molecule has 1 aromatic rings. The van der Waals surface area contributed by atoms with Crippen molar-refractivity contribution < 1.29 is 9.90 Å². The zero-order valence-electron chi connectivity index (χ0n) is 11.2. The summed E-state index contributed by atoms with van der Waals surface area (Å²) in [6.45, 7) is 2.34. The highest BCUT2D eigenvalue weighted by Gasteiger charge is 2.27. The summed E-state index contributed by atoms with van der Waals surface area (Å²) in [6.07, 6.45) is 3.79. The first-order valence-corrected chi connectivity index (χ1v) is 6.75. The quantitative estimate of drug-likeness (QED) is 0.839. The van der Waals surface area contributed by atoms with Crippen molar-refractivity contribution in [2.45, 2.75) is 38.6 Å². The number of nitrogens with one attached hydrogen (secondary N) is 1. The van der Waals surface area contributed by atoms with E-state index in [9.17, 15) is 14.7 Å². The molecule has 19 heavy (non-hydrogen) atoms. The van der Waals surface area contributed by atoms with Gasteiger partial charge in [-0.25, -0.2) is 0 Å². The van der Waals surface area contributed by atoms with E-state index in [0.717, 1.165) is 31.4 Å². The van der Waals surface area contributed by atoms with Crippen LogP contribution < -0.4 is 5.56 Å². The van der Waals surface area contributed by atoms with Crippen LogP contribution in [-0.4, -0.2) is 40.1 Å². The van der Waals surface area contributed by atoms with Crippen LogP contribution in [0.1, 0.15) is 41.7 Å². The molecular formula is C14H20N2O3. The monoisotopic (exact) mass is 264 g/mol. The number of carbonyl (C=O) groups is 1. The maximum Gasteiger partial charge on any atom is 0.260 e. The summed E-state index contributed by atoms with van der Waals surface area (Å²) in [4.78, 5) is 28.6. The number of rotatable bonds is 2. The fraction of sp³-hybridized carbons (Fsp3) is 0.571. The number of aliphatic hydroxyl groups excluding tert-OH is 1. The highest BCUT2D eigenvalue weighted by molar-refractivity contribution is 5.94. The number of hydrogen-bond acceptors (Lipinski definition) is 3. The number of aryl methyl sites for hydroxylation is 1. The van der Waals surface area contributed by atoms with E-state index in [4.69, 9.17) is 0 Å². The lowest BCUT2D eigenvalue weighted by atomic mass is 10.1. The number of aromatic amines is 1. The fourth-order valence-corrected chi connectivity index (χ4v) is 2.53. The molecule has 104 valence electrons. The molecule has 1 aromatic heterocycles. The SMILES string of the molecule is Cc1ccc(C(=O)N2CCCCCC2CO)c(=O)[nH]1. The van der Waals surface area contributed by atoms with Gasteiger partial charge in [0.2, 0.25) is 0 Å². The molecule has 0 saturated carbocycles. The Balaban J connectivity index is 2.28. The summed E-state index contributed by atoms with van der Waals surface area (Å²) in [5.74, 6) is -0.276. The second kappa shape index (κ2) is 6.02. The van der Waals surface area contributed by atoms with E-state index in [1.54, 1.807) is 24.0 Å². The maximum atomic E-state index is 12.4. The molecule has 2 heterocycles. The summed E-state index contributed by atoms with van der Waals surface area (Å²) < 4.78 is 0. The molecule has 5 nitrogen and oxygen atoms in total. The van der Waals surface area contributed by atoms with E-state index in [2.05, 4.69) is 4.98 Å². The van der Waals surface area contributed by atoms with Crippen LogP contribution >= 0.6 is 0 Å². The summed E-state index contributed by atoms with van der Waals surface area (Å²) in [7, 11) is 0. The van der Waals surface area contributed by atoms with Crippen LogP contribution in [0.15, 0.2) is 16.9 Å². The zero-order valence-corrected chi connectivity index (χ0v) is 11.2. The van der Waals surface area contributed by atoms with Gasteiger partial charge in [-0.15, -0.1) is 0 Å². The minimum atomic E-state index is -0.356. The molecule has 0 spiro atoms. The number of nitrogens with zero attached hydrogens (tertiary/aromatic N) is 1. The number of aliphatic hydroxyl groups is 1. The topological polar surface area (TPSA) is 73.4 Å². The molecule has 1 saturated heterocycles. The molecule has 1 fully saturated rings. The van der Waals surface area contributed by atoms with Crippen LogP contribution in [0.4, 0.5) is 0 Å². The first-order chi connectivity index (χ1) is 9.13. The summed E-state index contributed by atoms with van der Waals surface area (Å²) in [5.41, 5.74) is 0.535. The number of aromatic nitrogens is 1. The van der Waals surface area contributed by atoms with Crippen LogP contribution in [-0.2, 0) is 0 Å². The van der Waals surface area contributed by atoms with Crippen LogP contribution in [0.5, 0.6) is 0 Å². The van der Waals surface area contributed by atoms with Gasteiger partial charge in [0.25, 0.3) is 11.5 Å². The molecule has 0 aromatic carbocycles. The largest absolute Gasteiger partial charge is 0.394 e. The van der Waals surface area contributed by atoms with Crippen LogP contribution in [0, 0.1) is 6.92 Å². The number of pyridine rings is 1. The third kappa shape index (κ3) is 3.04. The highest BCUT2D eigenvalue weighted by atomic mass is 16.3. The van der Waals surface area contributed by atoms with E-state index < -0.39 is 0 Å². The average molecular weight is 264 g/mol. The standard InChI is InChI=1S/C14H20N2O3/c1-10-6-7-12(13(18)15-10)14(19)16-8-4-2-3-5-11(16)9-17/h6-7,11,17H,2-5,8-9H2,1H3,(H,15,18). The van der Waals surface area contributed by atoms with Crippen molar-refractivity contribution in [3.05, 3.63) is 33.7 Å². The predicted molar refractivity (Wildman–Crippen MR) is 72.2 cm³/mol. The Labute approximate surface area is 112 Å². The van der Waals surface area contributed by atoms with E-state index in [1.807, 2.05) is 0 Å². The lowest BCUT2D eigenvalue weighted by molar-refractivity contribution is 0.0598. The Morgan fingerprint density at radius 3 is 2.89 bits per heavy atom. The van der Waals surface area contributed by atoms with E-state index in [-0.39, 0.29) is 29.7 Å². The van der Waals surface area contributed by atoms with Gasteiger partial charge >= 0.3 is 0 Å². The third-order valence-electron chi connectivity index (χ3n) is 3.63. The second-order valence-corrected chi connectivity index (χ2v) is 5.07. The molecule has 0 bridgehead atoms. The first kappa shape index (κ1) is 13.8. The molecule has 1 amide bonds. The Morgan fingerprint density at radius 2 is 2.21 bits per heavy atom. The van der Waals surface area contributed by atoms with Gasteiger partial charge in [0.15, 0.2) is 0 Å². The van der Waals surface area contributed by atoms with Crippen molar-refractivity contribution in [3.8, 4) is 0 Å². The lowest BCUT2D eigenvalue weighted by Gasteiger charge is -2.28. The molecule has 0 aliphatic carbocycles. The molecule has 1 aliphatic heterocycles. The summed E-state index contributed by atoms with van der Waals surface area (Å²) in [5, 5.41) is 9.42. The Hall–Kier alpha value is -1.62. The normalized spacial score (nSPS) is 20.1. The molecule has 2 N–H and O–H groups in total. The molecular weight excluding hydrogens is 244 g/mol. The van der Waals surface area contributed by atoms with Crippen LogP contribution in [0.3, 0.4) is 0 Å². The molecule has 0 radical (unpaired) electrons. The van der Waals surface area contributed by atoms with Gasteiger partial charge in [0.1, 0.15) is 5.56 Å². The second-order valence-electron chi connectivity index (χ2n) is 5.07. The number of H-pyrrole nitrogens is 1. The van der Waals surface area contributed by atoms with Gasteiger partial charge in [0.05, 0.1) is 12.6 Å². The van der Waals surface area contributed by atoms with Gasteiger partial charge < -0.3 is 15.0 Å². The smallest absolute Gasteiger partial charge is 0.260 e. The van der Waals surface area contributed by atoms with E-state index in [0.29, 0.717) is 6.54 Å². The van der Waals surface area contributed by atoms with Crippen molar-refractivity contribution >= 4 is 5.91 Å². The molecule has 1 unspecified atom stereocenters. The van der Waals surface area contributed by atoms with Crippen LogP contribution in [0.25, 0.3) is 0 Å². The van der Waals surface area contributed by atoms with Crippen molar-refractivity contribution in [3.63, 3.8) is 0 Å². The number of hydrogen-bond donors (Lipinski definition) is 2. The minimum Gasteiger partial charge on any atom is -0.394 e. The van der Waals surface area contributed by atoms with Crippen molar-refractivity contribution in [1.29, 1.82) is 0 Å².